The zero-order valence-electron chi connectivity index (χ0n) is 15.6. The summed E-state index contributed by atoms with van der Waals surface area (Å²) in [5.41, 5.74) is 8.75. The first kappa shape index (κ1) is 17.5. The highest BCUT2D eigenvalue weighted by Crippen LogP contribution is 2.32. The van der Waals surface area contributed by atoms with Crippen molar-refractivity contribution in [2.24, 2.45) is 18.7 Å². The number of rotatable bonds is 3. The van der Waals surface area contributed by atoms with Gasteiger partial charge in [-0.15, -0.1) is 0 Å². The Balaban J connectivity index is 1.52. The van der Waals surface area contributed by atoms with Gasteiger partial charge in [0.05, 0.1) is 5.69 Å². The van der Waals surface area contributed by atoms with E-state index in [0.29, 0.717) is 32.0 Å². The second-order valence-corrected chi connectivity index (χ2v) is 7.89. The zero-order chi connectivity index (χ0) is 18.3. The van der Waals surface area contributed by atoms with Gasteiger partial charge in [0.25, 0.3) is 5.91 Å². The quantitative estimate of drug-likeness (QED) is 0.861. The first-order valence-electron chi connectivity index (χ1n) is 9.93. The molecule has 1 aliphatic carbocycles. The minimum atomic E-state index is 0.115. The molecule has 3 heterocycles. The minimum Gasteiger partial charge on any atom is -0.338 e. The second kappa shape index (κ2) is 7.02. The molecule has 142 valence electrons. The third-order valence-corrected chi connectivity index (χ3v) is 6.32. The predicted octanol–water partition coefficient (Wildman–Crippen LogP) is 0.711. The van der Waals surface area contributed by atoms with Crippen LogP contribution in [0.25, 0.3) is 0 Å². The Morgan fingerprint density at radius 1 is 1.23 bits per heavy atom. The van der Waals surface area contributed by atoms with Crippen LogP contribution in [-0.4, -0.2) is 63.6 Å². The highest BCUT2D eigenvalue weighted by Gasteiger charge is 2.41. The number of likely N-dealkylation sites (tertiary alicyclic amines) is 2. The Hall–Kier alpha value is -1.89. The van der Waals surface area contributed by atoms with Crippen LogP contribution in [0.4, 0.5) is 0 Å². The van der Waals surface area contributed by atoms with Gasteiger partial charge in [0.2, 0.25) is 5.91 Å². The van der Waals surface area contributed by atoms with E-state index in [1.807, 2.05) is 16.8 Å². The van der Waals surface area contributed by atoms with E-state index in [-0.39, 0.29) is 17.9 Å². The standard InChI is InChI=1S/C19H29N5O2/c1-22-18(14-4-2-3-5-15(14)21-22)19(26)23-10-8-16-13(12-23)6-7-17(25)24(16)11-9-20/h13,16H,2-12,20H2,1H3/t13-,16+/m0/s1. The Kier molecular flexibility index (Phi) is 4.73. The molecule has 0 saturated carbocycles. The van der Waals surface area contributed by atoms with Gasteiger partial charge in [-0.25, -0.2) is 0 Å². The van der Waals surface area contributed by atoms with Crippen LogP contribution < -0.4 is 5.73 Å². The molecule has 0 bridgehead atoms. The summed E-state index contributed by atoms with van der Waals surface area (Å²) in [5, 5.41) is 4.60. The van der Waals surface area contributed by atoms with Crippen LogP contribution in [0, 0.1) is 5.92 Å². The Morgan fingerprint density at radius 2 is 2.04 bits per heavy atom. The molecule has 0 unspecified atom stereocenters. The summed E-state index contributed by atoms with van der Waals surface area (Å²) in [4.78, 5) is 29.4. The number of nitrogens with zero attached hydrogens (tertiary/aromatic N) is 4. The first-order valence-corrected chi connectivity index (χ1v) is 9.93. The zero-order valence-corrected chi connectivity index (χ0v) is 15.6. The fraction of sp³-hybridized carbons (Fsp3) is 0.737. The van der Waals surface area contributed by atoms with Gasteiger partial charge in [-0.2, -0.15) is 5.10 Å². The average molecular weight is 359 g/mol. The molecule has 3 aliphatic rings. The maximum atomic E-state index is 13.3. The number of aryl methyl sites for hydroxylation is 2. The third kappa shape index (κ3) is 2.92. The van der Waals surface area contributed by atoms with Crippen LogP contribution in [0.15, 0.2) is 0 Å². The largest absolute Gasteiger partial charge is 0.338 e. The van der Waals surface area contributed by atoms with E-state index in [9.17, 15) is 9.59 Å². The van der Waals surface area contributed by atoms with Crippen molar-refractivity contribution in [1.29, 1.82) is 0 Å². The van der Waals surface area contributed by atoms with E-state index in [1.54, 1.807) is 4.68 Å². The molecule has 1 aromatic rings. The number of fused-ring (bicyclic) bond motifs is 2. The van der Waals surface area contributed by atoms with Gasteiger partial charge in [-0.05, 0) is 44.4 Å². The van der Waals surface area contributed by atoms with Gasteiger partial charge in [-0.1, -0.05) is 0 Å². The van der Waals surface area contributed by atoms with Crippen LogP contribution in [0.2, 0.25) is 0 Å². The van der Waals surface area contributed by atoms with E-state index in [2.05, 4.69) is 5.10 Å². The highest BCUT2D eigenvalue weighted by molar-refractivity contribution is 5.94. The van der Waals surface area contributed by atoms with Gasteiger partial charge in [0.1, 0.15) is 5.69 Å². The smallest absolute Gasteiger partial charge is 0.272 e. The molecule has 2 amide bonds. The van der Waals surface area contributed by atoms with Gasteiger partial charge in [-0.3, -0.25) is 14.3 Å². The third-order valence-electron chi connectivity index (χ3n) is 6.32. The molecule has 0 aromatic carbocycles. The van der Waals surface area contributed by atoms with E-state index in [0.717, 1.165) is 62.0 Å². The van der Waals surface area contributed by atoms with Crippen molar-refractivity contribution >= 4 is 11.8 Å². The summed E-state index contributed by atoms with van der Waals surface area (Å²) >= 11 is 0. The summed E-state index contributed by atoms with van der Waals surface area (Å²) in [7, 11) is 1.89. The number of hydrogen-bond donors (Lipinski definition) is 1. The Labute approximate surface area is 154 Å². The fourth-order valence-corrected chi connectivity index (χ4v) is 5.06. The lowest BCUT2D eigenvalue weighted by molar-refractivity contribution is -0.140. The summed E-state index contributed by atoms with van der Waals surface area (Å²) in [6.45, 7) is 2.56. The van der Waals surface area contributed by atoms with Crippen LogP contribution >= 0.6 is 0 Å². The number of carbonyl (C=O) groups excluding carboxylic acids is 2. The number of carbonyl (C=O) groups is 2. The molecule has 4 rings (SSSR count). The summed E-state index contributed by atoms with van der Waals surface area (Å²) in [5.74, 6) is 0.696. The molecule has 2 fully saturated rings. The van der Waals surface area contributed by atoms with Crippen LogP contribution in [0.5, 0.6) is 0 Å². The van der Waals surface area contributed by atoms with Crippen molar-refractivity contribution in [1.82, 2.24) is 19.6 Å². The molecule has 0 spiro atoms. The number of aromatic nitrogens is 2. The van der Waals surface area contributed by atoms with Gasteiger partial charge in [0, 0.05) is 51.3 Å². The van der Waals surface area contributed by atoms with Crippen molar-refractivity contribution < 1.29 is 9.59 Å². The van der Waals surface area contributed by atoms with E-state index in [1.165, 1.54) is 0 Å². The fourth-order valence-electron chi connectivity index (χ4n) is 5.06. The SMILES string of the molecule is Cn1nc2c(c1C(=O)N1CC[C@@H]3[C@@H](CCC(=O)N3CCN)C1)CCCC2. The van der Waals surface area contributed by atoms with Crippen molar-refractivity contribution in [2.75, 3.05) is 26.2 Å². The van der Waals surface area contributed by atoms with Gasteiger partial charge >= 0.3 is 0 Å². The second-order valence-electron chi connectivity index (χ2n) is 7.89. The van der Waals surface area contributed by atoms with Gasteiger partial charge in [0.15, 0.2) is 0 Å². The van der Waals surface area contributed by atoms with Crippen LogP contribution in [-0.2, 0) is 24.7 Å². The van der Waals surface area contributed by atoms with Gasteiger partial charge < -0.3 is 15.5 Å². The minimum absolute atomic E-state index is 0.115. The van der Waals surface area contributed by atoms with E-state index < -0.39 is 0 Å². The summed E-state index contributed by atoms with van der Waals surface area (Å²) in [6.07, 6.45) is 6.54. The van der Waals surface area contributed by atoms with Crippen LogP contribution in [0.3, 0.4) is 0 Å². The number of amides is 2. The molecule has 2 aliphatic heterocycles. The Bertz CT molecular complexity index is 713. The summed E-state index contributed by atoms with van der Waals surface area (Å²) in [6, 6.07) is 0.240. The average Bonchev–Trinajstić information content (AvgIpc) is 2.99. The van der Waals surface area contributed by atoms with Crippen molar-refractivity contribution in [2.45, 2.75) is 51.0 Å². The van der Waals surface area contributed by atoms with Crippen LogP contribution in [0.1, 0.15) is 53.8 Å². The molecular formula is C19H29N5O2. The maximum Gasteiger partial charge on any atom is 0.272 e. The molecule has 0 radical (unpaired) electrons. The molecule has 2 saturated heterocycles. The van der Waals surface area contributed by atoms with E-state index in [4.69, 9.17) is 5.73 Å². The summed E-state index contributed by atoms with van der Waals surface area (Å²) < 4.78 is 1.79. The van der Waals surface area contributed by atoms with Crippen molar-refractivity contribution in [3.05, 3.63) is 17.0 Å². The van der Waals surface area contributed by atoms with Crippen molar-refractivity contribution in [3.8, 4) is 0 Å². The number of hydrogen-bond acceptors (Lipinski definition) is 4. The molecule has 7 nitrogen and oxygen atoms in total. The monoisotopic (exact) mass is 359 g/mol. The maximum absolute atomic E-state index is 13.3. The predicted molar refractivity (Wildman–Crippen MR) is 97.6 cm³/mol. The number of piperidine rings is 2. The highest BCUT2D eigenvalue weighted by atomic mass is 16.2. The normalized spacial score (nSPS) is 25.8. The topological polar surface area (TPSA) is 84.5 Å². The lowest BCUT2D eigenvalue weighted by Gasteiger charge is -2.47. The molecular weight excluding hydrogens is 330 g/mol. The molecule has 1 aromatic heterocycles. The molecule has 26 heavy (non-hydrogen) atoms. The number of nitrogens with two attached hydrogens (primary N) is 1. The van der Waals surface area contributed by atoms with Crippen molar-refractivity contribution in [3.63, 3.8) is 0 Å². The first-order chi connectivity index (χ1) is 12.6. The Morgan fingerprint density at radius 3 is 2.85 bits per heavy atom. The van der Waals surface area contributed by atoms with E-state index >= 15 is 0 Å². The lowest BCUT2D eigenvalue weighted by atomic mass is 9.83. The lowest BCUT2D eigenvalue weighted by Crippen LogP contribution is -2.57. The molecule has 2 N–H and O–H groups in total. The molecule has 7 heteroatoms. The molecule has 2 atom stereocenters.